The lowest BCUT2D eigenvalue weighted by Gasteiger charge is -2.16. The van der Waals surface area contributed by atoms with E-state index in [2.05, 4.69) is 20.4 Å². The summed E-state index contributed by atoms with van der Waals surface area (Å²) in [5.41, 5.74) is 0.605. The second-order valence-electron chi connectivity index (χ2n) is 5.32. The minimum absolute atomic E-state index is 0.276. The van der Waals surface area contributed by atoms with Gasteiger partial charge in [-0.25, -0.2) is 0 Å². The lowest BCUT2D eigenvalue weighted by Crippen LogP contribution is -2.27. The van der Waals surface area contributed by atoms with E-state index in [0.29, 0.717) is 47.0 Å². The van der Waals surface area contributed by atoms with E-state index in [1.165, 1.54) is 11.3 Å². The van der Waals surface area contributed by atoms with E-state index in [1.54, 1.807) is 30.6 Å². The Morgan fingerprint density at radius 3 is 3.04 bits per heavy atom. The number of ether oxygens (including phenoxy) is 2. The van der Waals surface area contributed by atoms with E-state index in [9.17, 15) is 4.79 Å². The summed E-state index contributed by atoms with van der Waals surface area (Å²) in [6.07, 6.45) is 1.65. The van der Waals surface area contributed by atoms with Crippen LogP contribution < -0.4 is 14.8 Å². The first-order valence-corrected chi connectivity index (χ1v) is 8.53. The monoisotopic (exact) mass is 358 g/mol. The predicted octanol–water partition coefficient (Wildman–Crippen LogP) is 2.46. The fourth-order valence-electron chi connectivity index (χ4n) is 2.35. The molecule has 0 spiro atoms. The molecular weight excluding hydrogens is 344 g/mol. The Kier molecular flexibility index (Phi) is 4.06. The van der Waals surface area contributed by atoms with Crippen LogP contribution in [0.25, 0.3) is 11.5 Å². The largest absolute Gasteiger partial charge is 0.485 e. The van der Waals surface area contributed by atoms with Crippen molar-refractivity contribution in [1.29, 1.82) is 0 Å². The molecule has 25 heavy (non-hydrogen) atoms. The minimum Gasteiger partial charge on any atom is -0.485 e. The van der Waals surface area contributed by atoms with Crippen LogP contribution in [0.5, 0.6) is 11.5 Å². The molecule has 3 aromatic heterocycles. The van der Waals surface area contributed by atoms with Crippen molar-refractivity contribution in [3.8, 4) is 23.0 Å². The van der Waals surface area contributed by atoms with Crippen molar-refractivity contribution >= 4 is 17.2 Å². The Bertz CT molecular complexity index is 893. The van der Waals surface area contributed by atoms with E-state index in [0.717, 1.165) is 0 Å². The minimum atomic E-state index is -0.459. The smallest absolute Gasteiger partial charge is 0.265 e. The van der Waals surface area contributed by atoms with Gasteiger partial charge in [-0.2, -0.15) is 4.98 Å². The molecule has 0 radical (unpaired) electrons. The summed E-state index contributed by atoms with van der Waals surface area (Å²) in [6, 6.07) is 4.97. The standard InChI is InChI=1S/C16H14N4O4S/c1-9(16-19-14(20-24-16)10-4-2-3-5-17-10)18-15(21)13-12-11(8-25-13)22-6-7-23-12/h2-5,8-9H,6-7H2,1H3,(H,18,21)/t9-/m0/s1. The van der Waals surface area contributed by atoms with Crippen molar-refractivity contribution in [1.82, 2.24) is 20.4 Å². The highest BCUT2D eigenvalue weighted by atomic mass is 32.1. The van der Waals surface area contributed by atoms with Gasteiger partial charge >= 0.3 is 0 Å². The van der Waals surface area contributed by atoms with Gasteiger partial charge < -0.3 is 19.3 Å². The molecule has 1 amide bonds. The summed E-state index contributed by atoms with van der Waals surface area (Å²) in [4.78, 5) is 21.4. The van der Waals surface area contributed by atoms with Crippen molar-refractivity contribution in [2.75, 3.05) is 13.2 Å². The summed E-state index contributed by atoms with van der Waals surface area (Å²) in [5.74, 6) is 1.49. The fourth-order valence-corrected chi connectivity index (χ4v) is 3.19. The second-order valence-corrected chi connectivity index (χ2v) is 6.20. The zero-order valence-corrected chi connectivity index (χ0v) is 14.1. The maximum absolute atomic E-state index is 12.5. The lowest BCUT2D eigenvalue weighted by molar-refractivity contribution is 0.0927. The second kappa shape index (κ2) is 6.52. The first kappa shape index (κ1) is 15.6. The highest BCUT2D eigenvalue weighted by molar-refractivity contribution is 7.12. The maximum Gasteiger partial charge on any atom is 0.265 e. The zero-order valence-electron chi connectivity index (χ0n) is 13.3. The van der Waals surface area contributed by atoms with Crippen LogP contribution in [-0.2, 0) is 0 Å². The summed E-state index contributed by atoms with van der Waals surface area (Å²) >= 11 is 1.27. The molecule has 8 nitrogen and oxygen atoms in total. The number of thiophene rings is 1. The molecule has 1 N–H and O–H groups in total. The summed E-state index contributed by atoms with van der Waals surface area (Å²) < 4.78 is 16.2. The fraction of sp³-hybridized carbons (Fsp3) is 0.250. The maximum atomic E-state index is 12.5. The first-order chi connectivity index (χ1) is 12.2. The van der Waals surface area contributed by atoms with Gasteiger partial charge in [-0.3, -0.25) is 9.78 Å². The number of rotatable bonds is 4. The van der Waals surface area contributed by atoms with Crippen LogP contribution in [-0.4, -0.2) is 34.2 Å². The van der Waals surface area contributed by atoms with Gasteiger partial charge in [-0.1, -0.05) is 11.2 Å². The van der Waals surface area contributed by atoms with Gasteiger partial charge in [-0.15, -0.1) is 11.3 Å². The average molecular weight is 358 g/mol. The molecule has 4 rings (SSSR count). The van der Waals surface area contributed by atoms with Crippen molar-refractivity contribution in [2.24, 2.45) is 0 Å². The van der Waals surface area contributed by atoms with E-state index >= 15 is 0 Å². The number of pyridine rings is 1. The van der Waals surface area contributed by atoms with Crippen LogP contribution >= 0.6 is 11.3 Å². The SMILES string of the molecule is C[C@H](NC(=O)c1scc2c1OCCO2)c1nc(-c2ccccn2)no1. The number of carbonyl (C=O) groups is 1. The molecule has 0 aromatic carbocycles. The molecule has 9 heteroatoms. The van der Waals surface area contributed by atoms with Gasteiger partial charge in [0, 0.05) is 11.6 Å². The lowest BCUT2D eigenvalue weighted by atomic mass is 10.3. The third-order valence-electron chi connectivity index (χ3n) is 3.56. The van der Waals surface area contributed by atoms with Crippen LogP contribution in [0.15, 0.2) is 34.3 Å². The third-order valence-corrected chi connectivity index (χ3v) is 4.50. The Balaban J connectivity index is 1.49. The Labute approximate surface area is 146 Å². The van der Waals surface area contributed by atoms with Crippen molar-refractivity contribution in [3.05, 3.63) is 40.5 Å². The predicted molar refractivity (Wildman–Crippen MR) is 88.7 cm³/mol. The topological polar surface area (TPSA) is 99.4 Å². The highest BCUT2D eigenvalue weighted by Gasteiger charge is 2.26. The number of nitrogens with zero attached hydrogens (tertiary/aromatic N) is 3. The summed E-state index contributed by atoms with van der Waals surface area (Å²) in [7, 11) is 0. The van der Waals surface area contributed by atoms with Gasteiger partial charge in [0.05, 0.1) is 0 Å². The molecule has 0 fully saturated rings. The molecule has 0 saturated carbocycles. The molecule has 0 saturated heterocycles. The van der Waals surface area contributed by atoms with E-state index in [1.807, 2.05) is 6.07 Å². The molecule has 1 aliphatic heterocycles. The molecule has 0 unspecified atom stereocenters. The molecule has 4 heterocycles. The van der Waals surface area contributed by atoms with Crippen molar-refractivity contribution in [3.63, 3.8) is 0 Å². The van der Waals surface area contributed by atoms with Gasteiger partial charge in [-0.05, 0) is 19.1 Å². The first-order valence-electron chi connectivity index (χ1n) is 7.65. The quantitative estimate of drug-likeness (QED) is 0.764. The molecule has 0 aliphatic carbocycles. The molecule has 3 aromatic rings. The highest BCUT2D eigenvalue weighted by Crippen LogP contribution is 2.39. The number of amides is 1. The molecule has 1 atom stereocenters. The number of hydrogen-bond donors (Lipinski definition) is 1. The van der Waals surface area contributed by atoms with Gasteiger partial charge in [0.25, 0.3) is 5.91 Å². The van der Waals surface area contributed by atoms with Gasteiger partial charge in [0.15, 0.2) is 11.5 Å². The Hall–Kier alpha value is -2.94. The number of fused-ring (bicyclic) bond motifs is 1. The molecule has 0 bridgehead atoms. The Morgan fingerprint density at radius 1 is 1.32 bits per heavy atom. The van der Waals surface area contributed by atoms with Crippen LogP contribution in [0.3, 0.4) is 0 Å². The van der Waals surface area contributed by atoms with E-state index in [4.69, 9.17) is 14.0 Å². The Morgan fingerprint density at radius 2 is 2.20 bits per heavy atom. The molecular formula is C16H14N4O4S. The number of nitrogens with one attached hydrogen (secondary N) is 1. The van der Waals surface area contributed by atoms with Crippen molar-refractivity contribution < 1.29 is 18.8 Å². The van der Waals surface area contributed by atoms with Crippen molar-refractivity contribution in [2.45, 2.75) is 13.0 Å². The van der Waals surface area contributed by atoms with E-state index in [-0.39, 0.29) is 5.91 Å². The van der Waals surface area contributed by atoms with Crippen LogP contribution in [0.2, 0.25) is 0 Å². The normalized spacial score (nSPS) is 14.1. The number of carbonyl (C=O) groups excluding carboxylic acids is 1. The summed E-state index contributed by atoms with van der Waals surface area (Å²) in [5, 5.41) is 8.50. The average Bonchev–Trinajstić information content (AvgIpc) is 3.30. The zero-order chi connectivity index (χ0) is 17.2. The van der Waals surface area contributed by atoms with Gasteiger partial charge in [0.2, 0.25) is 11.7 Å². The number of aromatic nitrogens is 3. The van der Waals surface area contributed by atoms with Crippen LogP contribution in [0, 0.1) is 0 Å². The third kappa shape index (κ3) is 3.05. The van der Waals surface area contributed by atoms with E-state index < -0.39 is 6.04 Å². The van der Waals surface area contributed by atoms with Crippen LogP contribution in [0.1, 0.15) is 28.5 Å². The molecule has 1 aliphatic rings. The summed E-state index contributed by atoms with van der Waals surface area (Å²) in [6.45, 7) is 2.68. The molecule has 128 valence electrons. The number of hydrogen-bond acceptors (Lipinski definition) is 8. The van der Waals surface area contributed by atoms with Crippen LogP contribution in [0.4, 0.5) is 0 Å². The van der Waals surface area contributed by atoms with Gasteiger partial charge in [0.1, 0.15) is 29.8 Å².